The second kappa shape index (κ2) is 7.13. The topological polar surface area (TPSA) is 71.2 Å². The van der Waals surface area contributed by atoms with Gasteiger partial charge in [0.1, 0.15) is 5.82 Å². The van der Waals surface area contributed by atoms with Gasteiger partial charge in [0.15, 0.2) is 0 Å². The van der Waals surface area contributed by atoms with E-state index in [-0.39, 0.29) is 5.91 Å². The lowest BCUT2D eigenvalue weighted by molar-refractivity contribution is -0.120. The van der Waals surface area contributed by atoms with E-state index in [9.17, 15) is 4.79 Å². The van der Waals surface area contributed by atoms with Gasteiger partial charge in [-0.25, -0.2) is 4.98 Å². The molecular formula is C18H22N4O. The van der Waals surface area contributed by atoms with Crippen LogP contribution in [0, 0.1) is 0 Å². The molecule has 1 aliphatic rings. The Bertz CT molecular complexity index is 646. The number of anilines is 2. The predicted octanol–water partition coefficient (Wildman–Crippen LogP) is 2.12. The molecule has 5 heteroatoms. The van der Waals surface area contributed by atoms with E-state index in [1.165, 1.54) is 12.8 Å². The first kappa shape index (κ1) is 15.3. The van der Waals surface area contributed by atoms with Crippen molar-refractivity contribution in [1.29, 1.82) is 0 Å². The van der Waals surface area contributed by atoms with Gasteiger partial charge in [-0.2, -0.15) is 0 Å². The van der Waals surface area contributed by atoms with Gasteiger partial charge in [-0.05, 0) is 42.2 Å². The van der Waals surface area contributed by atoms with Crippen LogP contribution >= 0.6 is 0 Å². The van der Waals surface area contributed by atoms with E-state index in [0.717, 1.165) is 30.0 Å². The number of carbonyl (C=O) groups is 1. The molecule has 3 N–H and O–H groups in total. The van der Waals surface area contributed by atoms with Crippen LogP contribution in [0.4, 0.5) is 11.5 Å². The minimum atomic E-state index is -0.00149. The molecule has 1 aromatic heterocycles. The second-order valence-corrected chi connectivity index (χ2v) is 5.91. The number of nitrogen functional groups attached to an aromatic ring is 1. The molecule has 2 heterocycles. The van der Waals surface area contributed by atoms with Gasteiger partial charge in [-0.1, -0.05) is 18.2 Å². The smallest absolute Gasteiger partial charge is 0.224 e. The number of benzene rings is 1. The summed E-state index contributed by atoms with van der Waals surface area (Å²) in [6.07, 6.45) is 4.69. The van der Waals surface area contributed by atoms with Crippen molar-refractivity contribution in [2.24, 2.45) is 0 Å². The highest BCUT2D eigenvalue weighted by atomic mass is 16.1. The zero-order chi connectivity index (χ0) is 16.1. The van der Waals surface area contributed by atoms with Crippen LogP contribution in [0.3, 0.4) is 0 Å². The molecule has 0 atom stereocenters. The van der Waals surface area contributed by atoms with Crippen molar-refractivity contribution in [3.05, 3.63) is 53.7 Å². The third kappa shape index (κ3) is 4.22. The highest BCUT2D eigenvalue weighted by Gasteiger charge is 2.13. The Balaban J connectivity index is 1.49. The maximum absolute atomic E-state index is 12.0. The molecule has 0 aliphatic carbocycles. The molecular weight excluding hydrogens is 288 g/mol. The summed E-state index contributed by atoms with van der Waals surface area (Å²) < 4.78 is 0. The number of pyridine rings is 1. The lowest BCUT2D eigenvalue weighted by Crippen LogP contribution is -2.24. The standard InChI is InChI=1S/C18H22N4O/c19-16-6-3-14(4-7-16)11-18(23)21-13-15-5-8-17(20-12-15)22-9-1-2-10-22/h3-8,12H,1-2,9-11,13,19H2,(H,21,23). The lowest BCUT2D eigenvalue weighted by Gasteiger charge is -2.16. The molecule has 1 saturated heterocycles. The molecule has 1 aliphatic heterocycles. The molecule has 5 nitrogen and oxygen atoms in total. The summed E-state index contributed by atoms with van der Waals surface area (Å²) >= 11 is 0. The Morgan fingerprint density at radius 3 is 2.43 bits per heavy atom. The van der Waals surface area contributed by atoms with Crippen molar-refractivity contribution in [3.8, 4) is 0 Å². The molecule has 0 radical (unpaired) electrons. The van der Waals surface area contributed by atoms with E-state index in [4.69, 9.17) is 5.73 Å². The average Bonchev–Trinajstić information content (AvgIpc) is 3.10. The first-order chi connectivity index (χ1) is 11.2. The summed E-state index contributed by atoms with van der Waals surface area (Å²) in [6.45, 7) is 2.68. The molecule has 0 unspecified atom stereocenters. The fourth-order valence-electron chi connectivity index (χ4n) is 2.74. The van der Waals surface area contributed by atoms with Gasteiger partial charge >= 0.3 is 0 Å². The molecule has 1 aromatic carbocycles. The number of amides is 1. The molecule has 3 rings (SSSR count). The number of carbonyl (C=O) groups excluding carboxylic acids is 1. The van der Waals surface area contributed by atoms with Crippen LogP contribution in [-0.2, 0) is 17.8 Å². The summed E-state index contributed by atoms with van der Waals surface area (Å²) in [6, 6.07) is 11.4. The molecule has 2 aromatic rings. The Labute approximate surface area is 136 Å². The molecule has 120 valence electrons. The Morgan fingerprint density at radius 1 is 1.09 bits per heavy atom. The van der Waals surface area contributed by atoms with E-state index in [0.29, 0.717) is 18.7 Å². The van der Waals surface area contributed by atoms with E-state index in [1.807, 2.05) is 42.6 Å². The number of nitrogens with two attached hydrogens (primary N) is 1. The van der Waals surface area contributed by atoms with Gasteiger partial charge in [-0.15, -0.1) is 0 Å². The molecule has 1 amide bonds. The highest BCUT2D eigenvalue weighted by molar-refractivity contribution is 5.78. The van der Waals surface area contributed by atoms with Crippen LogP contribution in [-0.4, -0.2) is 24.0 Å². The molecule has 0 saturated carbocycles. The van der Waals surface area contributed by atoms with Crippen LogP contribution in [0.25, 0.3) is 0 Å². The maximum atomic E-state index is 12.0. The number of nitrogens with one attached hydrogen (secondary N) is 1. The van der Waals surface area contributed by atoms with Gasteiger partial charge in [-0.3, -0.25) is 4.79 Å². The minimum absolute atomic E-state index is 0.00149. The van der Waals surface area contributed by atoms with Gasteiger partial charge in [0, 0.05) is 31.5 Å². The largest absolute Gasteiger partial charge is 0.399 e. The molecule has 23 heavy (non-hydrogen) atoms. The van der Waals surface area contributed by atoms with Crippen LogP contribution < -0.4 is 16.0 Å². The summed E-state index contributed by atoms with van der Waals surface area (Å²) in [5, 5.41) is 2.93. The third-order valence-corrected chi connectivity index (χ3v) is 4.07. The minimum Gasteiger partial charge on any atom is -0.399 e. The summed E-state index contributed by atoms with van der Waals surface area (Å²) in [5.41, 5.74) is 8.32. The van der Waals surface area contributed by atoms with Crippen LogP contribution in [0.15, 0.2) is 42.6 Å². The van der Waals surface area contributed by atoms with Gasteiger partial charge in [0.05, 0.1) is 6.42 Å². The monoisotopic (exact) mass is 310 g/mol. The van der Waals surface area contributed by atoms with E-state index in [1.54, 1.807) is 0 Å². The Hall–Kier alpha value is -2.56. The SMILES string of the molecule is Nc1ccc(CC(=O)NCc2ccc(N3CCCC3)nc2)cc1. The quantitative estimate of drug-likeness (QED) is 0.830. The van der Waals surface area contributed by atoms with Crippen LogP contribution in [0.1, 0.15) is 24.0 Å². The average molecular weight is 310 g/mol. The first-order valence-corrected chi connectivity index (χ1v) is 8.02. The van der Waals surface area contributed by atoms with Gasteiger partial charge < -0.3 is 16.0 Å². The summed E-state index contributed by atoms with van der Waals surface area (Å²) in [5.74, 6) is 1.03. The molecule has 0 spiro atoms. The Kier molecular flexibility index (Phi) is 4.76. The van der Waals surface area contributed by atoms with E-state index >= 15 is 0 Å². The molecule has 1 fully saturated rings. The number of nitrogens with zero attached hydrogens (tertiary/aromatic N) is 2. The van der Waals surface area contributed by atoms with Crippen molar-refractivity contribution < 1.29 is 4.79 Å². The third-order valence-electron chi connectivity index (χ3n) is 4.07. The van der Waals surface area contributed by atoms with Gasteiger partial charge in [0.2, 0.25) is 5.91 Å². The highest BCUT2D eigenvalue weighted by Crippen LogP contribution is 2.17. The number of rotatable bonds is 5. The summed E-state index contributed by atoms with van der Waals surface area (Å²) in [7, 11) is 0. The fourth-order valence-corrected chi connectivity index (χ4v) is 2.74. The first-order valence-electron chi connectivity index (χ1n) is 8.02. The van der Waals surface area contributed by atoms with Crippen molar-refractivity contribution in [2.75, 3.05) is 23.7 Å². The van der Waals surface area contributed by atoms with Gasteiger partial charge in [0.25, 0.3) is 0 Å². The second-order valence-electron chi connectivity index (χ2n) is 5.91. The number of aromatic nitrogens is 1. The number of hydrogen-bond donors (Lipinski definition) is 2. The fraction of sp³-hybridized carbons (Fsp3) is 0.333. The van der Waals surface area contributed by atoms with Crippen molar-refractivity contribution >= 4 is 17.4 Å². The predicted molar refractivity (Wildman–Crippen MR) is 92.1 cm³/mol. The molecule has 0 bridgehead atoms. The van der Waals surface area contributed by atoms with E-state index < -0.39 is 0 Å². The van der Waals surface area contributed by atoms with Crippen LogP contribution in [0.5, 0.6) is 0 Å². The van der Waals surface area contributed by atoms with E-state index in [2.05, 4.69) is 15.2 Å². The normalized spacial score (nSPS) is 14.0. The zero-order valence-corrected chi connectivity index (χ0v) is 13.2. The maximum Gasteiger partial charge on any atom is 0.224 e. The van der Waals surface area contributed by atoms with Crippen LogP contribution in [0.2, 0.25) is 0 Å². The van der Waals surface area contributed by atoms with Crippen molar-refractivity contribution in [2.45, 2.75) is 25.8 Å². The Morgan fingerprint density at radius 2 is 1.78 bits per heavy atom. The summed E-state index contributed by atoms with van der Waals surface area (Å²) in [4.78, 5) is 18.8. The number of hydrogen-bond acceptors (Lipinski definition) is 4. The van der Waals surface area contributed by atoms with Crippen molar-refractivity contribution in [1.82, 2.24) is 10.3 Å². The van der Waals surface area contributed by atoms with Crippen molar-refractivity contribution in [3.63, 3.8) is 0 Å². The lowest BCUT2D eigenvalue weighted by atomic mass is 10.1. The zero-order valence-electron chi connectivity index (χ0n) is 13.2.